The first-order valence-electron chi connectivity index (χ1n) is 5.81. The molecule has 0 aliphatic heterocycles. The average Bonchev–Trinajstić information content (AvgIpc) is 2.39. The molecule has 7 nitrogen and oxygen atoms in total. The van der Waals surface area contributed by atoms with Crippen LogP contribution in [0.2, 0.25) is 0 Å². The highest BCUT2D eigenvalue weighted by molar-refractivity contribution is 9.10. The first-order valence-corrected chi connectivity index (χ1v) is 6.60. The van der Waals surface area contributed by atoms with Crippen molar-refractivity contribution >= 4 is 33.1 Å². The van der Waals surface area contributed by atoms with E-state index in [-0.39, 0.29) is 0 Å². The minimum absolute atomic E-state index is 0.450. The molecule has 0 amide bonds. The van der Waals surface area contributed by atoms with Crippen LogP contribution in [0.3, 0.4) is 0 Å². The molecule has 2 N–H and O–H groups in total. The molecule has 0 aliphatic carbocycles. The van der Waals surface area contributed by atoms with Gasteiger partial charge in [-0.3, -0.25) is 0 Å². The predicted molar refractivity (Wildman–Crippen MR) is 84.8 cm³/mol. The molecule has 0 fully saturated rings. The summed E-state index contributed by atoms with van der Waals surface area (Å²) in [4.78, 5) is 3.89. The van der Waals surface area contributed by atoms with Gasteiger partial charge in [0.25, 0.3) is 0 Å². The number of aromatic nitrogens is 4. The van der Waals surface area contributed by atoms with E-state index >= 15 is 0 Å². The van der Waals surface area contributed by atoms with Gasteiger partial charge in [-0.25, -0.2) is 0 Å². The zero-order valence-corrected chi connectivity index (χ0v) is 13.5. The molecule has 0 radical (unpaired) electrons. The number of anilines is 3. The van der Waals surface area contributed by atoms with Crippen LogP contribution in [0.5, 0.6) is 0 Å². The molecule has 0 atom stereocenters. The van der Waals surface area contributed by atoms with E-state index in [0.29, 0.717) is 5.82 Å². The molecule has 0 aliphatic rings. The van der Waals surface area contributed by atoms with Gasteiger partial charge in [-0.15, -0.1) is 10.2 Å². The molecule has 2 aromatic heterocycles. The third-order valence-electron chi connectivity index (χ3n) is 2.30. The van der Waals surface area contributed by atoms with Crippen LogP contribution in [-0.4, -0.2) is 48.6 Å². The van der Waals surface area contributed by atoms with Crippen molar-refractivity contribution in [3.63, 3.8) is 0 Å². The Morgan fingerprint density at radius 2 is 1.40 bits per heavy atom. The summed E-state index contributed by atoms with van der Waals surface area (Å²) in [6, 6.07) is 3.68. The van der Waals surface area contributed by atoms with Crippen molar-refractivity contribution in [2.24, 2.45) is 0 Å². The minimum atomic E-state index is 0.450. The fraction of sp³-hybridized carbons (Fsp3) is 0.333. The normalized spacial score (nSPS) is 9.45. The molecule has 0 spiro atoms. The minimum Gasteiger partial charge on any atom is -0.382 e. The Kier molecular flexibility index (Phi) is 6.10. The van der Waals surface area contributed by atoms with Gasteiger partial charge in [0.2, 0.25) is 0 Å². The zero-order valence-electron chi connectivity index (χ0n) is 11.9. The summed E-state index contributed by atoms with van der Waals surface area (Å²) in [5.74, 6) is 0.450. The maximum Gasteiger partial charge on any atom is 0.148 e. The van der Waals surface area contributed by atoms with E-state index in [1.54, 1.807) is 18.5 Å². The Morgan fingerprint density at radius 3 is 1.75 bits per heavy atom. The summed E-state index contributed by atoms with van der Waals surface area (Å²) in [6.07, 6.45) is 3.38. The second-order valence-electron chi connectivity index (χ2n) is 4.36. The number of rotatable bonds is 2. The van der Waals surface area contributed by atoms with Crippen molar-refractivity contribution in [2.45, 2.75) is 0 Å². The summed E-state index contributed by atoms with van der Waals surface area (Å²) in [5, 5.41) is 14.8. The molecule has 0 bridgehead atoms. The highest BCUT2D eigenvalue weighted by Gasteiger charge is 1.95. The Morgan fingerprint density at radius 1 is 0.900 bits per heavy atom. The van der Waals surface area contributed by atoms with Gasteiger partial charge < -0.3 is 15.5 Å². The van der Waals surface area contributed by atoms with Crippen molar-refractivity contribution in [3.8, 4) is 0 Å². The van der Waals surface area contributed by atoms with E-state index < -0.39 is 0 Å². The van der Waals surface area contributed by atoms with Gasteiger partial charge in [0, 0.05) is 34.3 Å². The third kappa shape index (κ3) is 5.35. The predicted octanol–water partition coefficient (Wildman–Crippen LogP) is 1.43. The summed E-state index contributed by atoms with van der Waals surface area (Å²) in [6.45, 7) is 0. The third-order valence-corrected chi connectivity index (χ3v) is 2.69. The maximum absolute atomic E-state index is 5.40. The molecule has 108 valence electrons. The number of halogens is 1. The molecular formula is C12H18BrN7. The van der Waals surface area contributed by atoms with Gasteiger partial charge >= 0.3 is 0 Å². The van der Waals surface area contributed by atoms with E-state index in [1.165, 1.54) is 0 Å². The van der Waals surface area contributed by atoms with Crippen LogP contribution >= 0.6 is 15.9 Å². The van der Waals surface area contributed by atoms with E-state index in [1.807, 2.05) is 44.1 Å². The van der Waals surface area contributed by atoms with Gasteiger partial charge in [-0.2, -0.15) is 10.2 Å². The van der Waals surface area contributed by atoms with E-state index in [0.717, 1.165) is 16.0 Å². The molecular weight excluding hydrogens is 322 g/mol. The highest BCUT2D eigenvalue weighted by atomic mass is 79.9. The van der Waals surface area contributed by atoms with Crippen LogP contribution < -0.4 is 15.5 Å². The first-order chi connectivity index (χ1) is 9.40. The molecule has 0 unspecified atom stereocenters. The molecule has 20 heavy (non-hydrogen) atoms. The molecule has 2 rings (SSSR count). The van der Waals surface area contributed by atoms with Crippen molar-refractivity contribution in [1.82, 2.24) is 20.4 Å². The first kappa shape index (κ1) is 16.1. The molecule has 2 aromatic rings. The van der Waals surface area contributed by atoms with Crippen molar-refractivity contribution in [3.05, 3.63) is 29.1 Å². The number of hydrogen-bond acceptors (Lipinski definition) is 7. The molecule has 2 heterocycles. The topological polar surface area (TPSA) is 84.1 Å². The number of nitrogens with zero attached hydrogens (tertiary/aromatic N) is 6. The number of nitrogen functional groups attached to an aromatic ring is 1. The standard InChI is InChI=1S/C6H8BrN3.C6H10N4/c2*1-10(2)5-3-6(7)9-8-4-5/h3-4H,1-2H3;3-4H,1-2H3,(H2,7,9). The van der Waals surface area contributed by atoms with E-state index in [2.05, 4.69) is 36.3 Å². The Bertz CT molecular complexity index is 495. The van der Waals surface area contributed by atoms with Crippen LogP contribution in [0, 0.1) is 0 Å². The fourth-order valence-electron chi connectivity index (χ4n) is 1.19. The molecule has 0 aromatic carbocycles. The van der Waals surface area contributed by atoms with Gasteiger partial charge in [-0.1, -0.05) is 0 Å². The molecule has 0 saturated heterocycles. The fourth-order valence-corrected chi connectivity index (χ4v) is 1.52. The van der Waals surface area contributed by atoms with E-state index in [4.69, 9.17) is 5.73 Å². The lowest BCUT2D eigenvalue weighted by Gasteiger charge is -2.10. The van der Waals surface area contributed by atoms with Gasteiger partial charge in [-0.05, 0) is 22.0 Å². The lowest BCUT2D eigenvalue weighted by Crippen LogP contribution is -2.09. The second-order valence-corrected chi connectivity index (χ2v) is 5.18. The molecule has 0 saturated carbocycles. The van der Waals surface area contributed by atoms with Crippen LogP contribution in [0.15, 0.2) is 29.1 Å². The van der Waals surface area contributed by atoms with E-state index in [9.17, 15) is 0 Å². The van der Waals surface area contributed by atoms with Crippen LogP contribution in [0.4, 0.5) is 17.2 Å². The Balaban J connectivity index is 0.000000200. The quantitative estimate of drug-likeness (QED) is 0.885. The van der Waals surface area contributed by atoms with Crippen molar-refractivity contribution < 1.29 is 0 Å². The second kappa shape index (κ2) is 7.59. The Labute approximate surface area is 126 Å². The maximum atomic E-state index is 5.40. The summed E-state index contributed by atoms with van der Waals surface area (Å²) in [7, 11) is 7.78. The van der Waals surface area contributed by atoms with Crippen molar-refractivity contribution in [2.75, 3.05) is 43.7 Å². The Hall–Kier alpha value is -1.96. The zero-order chi connectivity index (χ0) is 15.1. The SMILES string of the molecule is CN(C)c1cnnc(Br)c1.CN(C)c1cnnc(N)c1. The molecule has 8 heteroatoms. The van der Waals surface area contributed by atoms with Crippen molar-refractivity contribution in [1.29, 1.82) is 0 Å². The number of hydrogen-bond donors (Lipinski definition) is 1. The van der Waals surface area contributed by atoms with Crippen LogP contribution in [0.25, 0.3) is 0 Å². The highest BCUT2D eigenvalue weighted by Crippen LogP contribution is 2.12. The smallest absolute Gasteiger partial charge is 0.148 e. The summed E-state index contributed by atoms with van der Waals surface area (Å²) in [5.41, 5.74) is 7.40. The van der Waals surface area contributed by atoms with Gasteiger partial charge in [0.1, 0.15) is 10.4 Å². The lowest BCUT2D eigenvalue weighted by atomic mass is 10.4. The lowest BCUT2D eigenvalue weighted by molar-refractivity contribution is 0.981. The largest absolute Gasteiger partial charge is 0.382 e. The summed E-state index contributed by atoms with van der Waals surface area (Å²) < 4.78 is 0.763. The number of nitrogens with two attached hydrogens (primary N) is 1. The van der Waals surface area contributed by atoms with Gasteiger partial charge in [0.05, 0.1) is 23.8 Å². The van der Waals surface area contributed by atoms with Crippen LogP contribution in [-0.2, 0) is 0 Å². The average molecular weight is 340 g/mol. The van der Waals surface area contributed by atoms with Gasteiger partial charge in [0.15, 0.2) is 0 Å². The monoisotopic (exact) mass is 339 g/mol. The summed E-state index contributed by atoms with van der Waals surface area (Å²) >= 11 is 3.23. The van der Waals surface area contributed by atoms with Crippen LogP contribution in [0.1, 0.15) is 0 Å².